The minimum atomic E-state index is -0.656. The first-order valence-electron chi connectivity index (χ1n) is 3.53. The van der Waals surface area contributed by atoms with Crippen molar-refractivity contribution in [3.8, 4) is 11.5 Å². The zero-order valence-corrected chi connectivity index (χ0v) is 7.22. The molecule has 0 aliphatic rings. The molecule has 1 N–H and O–H groups in total. The standard InChI is InChI=1S/C8H6N2O4/c1-9-6-3-5(10(12)13)4-7(14-2)8(6)11/h3-4,11H,2H3. The molecule has 0 fully saturated rings. The first kappa shape index (κ1) is 9.80. The summed E-state index contributed by atoms with van der Waals surface area (Å²) in [4.78, 5) is 12.7. The van der Waals surface area contributed by atoms with Crippen LogP contribution in [0.1, 0.15) is 0 Å². The van der Waals surface area contributed by atoms with Crippen molar-refractivity contribution in [2.24, 2.45) is 0 Å². The molecule has 0 aliphatic heterocycles. The molecule has 72 valence electrons. The van der Waals surface area contributed by atoms with Crippen LogP contribution < -0.4 is 4.74 Å². The first-order valence-corrected chi connectivity index (χ1v) is 3.53. The summed E-state index contributed by atoms with van der Waals surface area (Å²) < 4.78 is 4.68. The second kappa shape index (κ2) is 3.62. The van der Waals surface area contributed by atoms with Crippen LogP contribution in [0.25, 0.3) is 4.85 Å². The van der Waals surface area contributed by atoms with Crippen LogP contribution in [0.5, 0.6) is 11.5 Å². The number of ether oxygens (including phenoxy) is 1. The number of phenols is 1. The number of aromatic hydroxyl groups is 1. The van der Waals surface area contributed by atoms with Crippen LogP contribution >= 0.6 is 0 Å². The summed E-state index contributed by atoms with van der Waals surface area (Å²) in [6.07, 6.45) is 0. The van der Waals surface area contributed by atoms with Crippen LogP contribution in [-0.2, 0) is 0 Å². The van der Waals surface area contributed by atoms with Gasteiger partial charge in [-0.3, -0.25) is 10.1 Å². The number of benzene rings is 1. The number of nitro benzene ring substituents is 1. The van der Waals surface area contributed by atoms with Gasteiger partial charge in [-0.15, -0.1) is 0 Å². The van der Waals surface area contributed by atoms with Crippen LogP contribution in [-0.4, -0.2) is 17.1 Å². The Morgan fingerprint density at radius 2 is 2.29 bits per heavy atom. The van der Waals surface area contributed by atoms with Gasteiger partial charge in [0, 0.05) is 6.07 Å². The molecule has 0 spiro atoms. The normalized spacial score (nSPS) is 9.14. The van der Waals surface area contributed by atoms with E-state index in [2.05, 4.69) is 9.58 Å². The van der Waals surface area contributed by atoms with E-state index in [0.29, 0.717) is 0 Å². The lowest BCUT2D eigenvalue weighted by atomic mass is 10.2. The number of hydrogen-bond acceptors (Lipinski definition) is 4. The fourth-order valence-corrected chi connectivity index (χ4v) is 0.925. The van der Waals surface area contributed by atoms with Gasteiger partial charge in [0.25, 0.3) is 5.69 Å². The van der Waals surface area contributed by atoms with Gasteiger partial charge in [0.05, 0.1) is 24.7 Å². The highest BCUT2D eigenvalue weighted by Crippen LogP contribution is 2.39. The van der Waals surface area contributed by atoms with E-state index >= 15 is 0 Å². The third kappa shape index (κ3) is 1.56. The van der Waals surface area contributed by atoms with E-state index in [4.69, 9.17) is 6.57 Å². The fraction of sp³-hybridized carbons (Fsp3) is 0.125. The molecule has 1 aromatic carbocycles. The maximum absolute atomic E-state index is 10.4. The van der Waals surface area contributed by atoms with Crippen LogP contribution in [0.15, 0.2) is 12.1 Å². The summed E-state index contributed by atoms with van der Waals surface area (Å²) in [7, 11) is 1.26. The zero-order chi connectivity index (χ0) is 10.7. The van der Waals surface area contributed by atoms with E-state index in [9.17, 15) is 15.2 Å². The van der Waals surface area contributed by atoms with E-state index in [-0.39, 0.29) is 22.9 Å². The summed E-state index contributed by atoms with van der Waals surface area (Å²) in [6, 6.07) is 2.05. The molecule has 0 unspecified atom stereocenters. The number of methoxy groups -OCH3 is 1. The monoisotopic (exact) mass is 194 g/mol. The van der Waals surface area contributed by atoms with Crippen molar-refractivity contribution in [1.82, 2.24) is 0 Å². The van der Waals surface area contributed by atoms with E-state index in [1.54, 1.807) is 0 Å². The Kier molecular flexibility index (Phi) is 2.53. The Balaban J connectivity index is 3.41. The smallest absolute Gasteiger partial charge is 0.263 e. The Morgan fingerprint density at radius 1 is 1.64 bits per heavy atom. The average Bonchev–Trinajstić information content (AvgIpc) is 2.17. The first-order chi connectivity index (χ1) is 6.60. The third-order valence-electron chi connectivity index (χ3n) is 1.59. The number of phenolic OH excluding ortho intramolecular Hbond substituents is 1. The number of nitro groups is 1. The second-order valence-electron chi connectivity index (χ2n) is 2.38. The summed E-state index contributed by atoms with van der Waals surface area (Å²) in [5.41, 5.74) is -0.485. The molecular formula is C8H6N2O4. The van der Waals surface area contributed by atoms with Crippen LogP contribution in [0, 0.1) is 16.7 Å². The van der Waals surface area contributed by atoms with Gasteiger partial charge >= 0.3 is 0 Å². The van der Waals surface area contributed by atoms with Crippen LogP contribution in [0.2, 0.25) is 0 Å². The Hall–Kier alpha value is -2.29. The fourth-order valence-electron chi connectivity index (χ4n) is 0.925. The predicted molar refractivity (Wildman–Crippen MR) is 47.6 cm³/mol. The van der Waals surface area contributed by atoms with Gasteiger partial charge in [-0.1, -0.05) is 0 Å². The molecule has 1 aromatic rings. The van der Waals surface area contributed by atoms with Gasteiger partial charge in [-0.05, 0) is 0 Å². The summed E-state index contributed by atoms with van der Waals surface area (Å²) in [6.45, 7) is 6.68. The molecule has 1 rings (SSSR count). The minimum absolute atomic E-state index is 0.0785. The Bertz CT molecular complexity index is 422. The van der Waals surface area contributed by atoms with Crippen molar-refractivity contribution >= 4 is 11.4 Å². The molecule has 0 saturated carbocycles. The lowest BCUT2D eigenvalue weighted by Crippen LogP contribution is -1.90. The van der Waals surface area contributed by atoms with Crippen LogP contribution in [0.3, 0.4) is 0 Å². The van der Waals surface area contributed by atoms with Crippen molar-refractivity contribution in [1.29, 1.82) is 0 Å². The van der Waals surface area contributed by atoms with Crippen molar-refractivity contribution in [2.75, 3.05) is 7.11 Å². The van der Waals surface area contributed by atoms with E-state index in [1.807, 2.05) is 0 Å². The van der Waals surface area contributed by atoms with Crippen molar-refractivity contribution in [3.05, 3.63) is 33.7 Å². The largest absolute Gasteiger partial charge is 0.516 e. The molecule has 0 radical (unpaired) electrons. The molecule has 0 aliphatic carbocycles. The lowest BCUT2D eigenvalue weighted by molar-refractivity contribution is -0.384. The molecule has 14 heavy (non-hydrogen) atoms. The quantitative estimate of drug-likeness (QED) is 0.442. The molecule has 0 heterocycles. The molecule has 0 bridgehead atoms. The van der Waals surface area contributed by atoms with Crippen LogP contribution in [0.4, 0.5) is 11.4 Å². The summed E-state index contributed by atoms with van der Waals surface area (Å²) in [5.74, 6) is -0.460. The predicted octanol–water partition coefficient (Wildman–Crippen LogP) is 1.86. The Labute approximate surface area is 79.3 Å². The minimum Gasteiger partial charge on any atom is -0.516 e. The van der Waals surface area contributed by atoms with E-state index in [0.717, 1.165) is 12.1 Å². The van der Waals surface area contributed by atoms with Crippen molar-refractivity contribution < 1.29 is 14.8 Å². The third-order valence-corrected chi connectivity index (χ3v) is 1.59. The van der Waals surface area contributed by atoms with Crippen molar-refractivity contribution in [3.63, 3.8) is 0 Å². The van der Waals surface area contributed by atoms with Gasteiger partial charge in [0.2, 0.25) is 5.69 Å². The average molecular weight is 194 g/mol. The van der Waals surface area contributed by atoms with E-state index < -0.39 is 4.92 Å². The highest BCUT2D eigenvalue weighted by molar-refractivity contribution is 5.68. The molecular weight excluding hydrogens is 188 g/mol. The maximum atomic E-state index is 10.4. The van der Waals surface area contributed by atoms with Gasteiger partial charge in [0.1, 0.15) is 0 Å². The molecule has 6 nitrogen and oxygen atoms in total. The number of nitrogens with zero attached hydrogens (tertiary/aromatic N) is 2. The molecule has 0 amide bonds. The highest BCUT2D eigenvalue weighted by Gasteiger charge is 2.16. The number of rotatable bonds is 2. The van der Waals surface area contributed by atoms with Gasteiger partial charge < -0.3 is 9.84 Å². The summed E-state index contributed by atoms with van der Waals surface area (Å²) >= 11 is 0. The van der Waals surface area contributed by atoms with Gasteiger partial charge in [-0.2, -0.15) is 0 Å². The molecule has 0 saturated heterocycles. The second-order valence-corrected chi connectivity index (χ2v) is 2.38. The lowest BCUT2D eigenvalue weighted by Gasteiger charge is -2.03. The topological polar surface area (TPSA) is 77.0 Å². The van der Waals surface area contributed by atoms with E-state index in [1.165, 1.54) is 7.11 Å². The van der Waals surface area contributed by atoms with Gasteiger partial charge in [-0.25, -0.2) is 4.85 Å². The molecule has 0 atom stereocenters. The van der Waals surface area contributed by atoms with Crippen molar-refractivity contribution in [2.45, 2.75) is 0 Å². The number of hydrogen-bond donors (Lipinski definition) is 1. The summed E-state index contributed by atoms with van der Waals surface area (Å²) in [5, 5.41) is 19.7. The molecule has 0 aromatic heterocycles. The molecule has 6 heteroatoms. The maximum Gasteiger partial charge on any atom is 0.263 e. The highest BCUT2D eigenvalue weighted by atomic mass is 16.6. The SMILES string of the molecule is [C-]#[N+]c1cc([N+](=O)[O-])cc(OC)c1O. The Morgan fingerprint density at radius 3 is 2.71 bits per heavy atom. The zero-order valence-electron chi connectivity index (χ0n) is 7.22. The number of non-ortho nitro benzene ring substituents is 1. The van der Waals surface area contributed by atoms with Gasteiger partial charge in [0.15, 0.2) is 11.5 Å².